The quantitative estimate of drug-likeness (QED) is 0.842. The molecule has 1 aromatic heterocycles. The Morgan fingerprint density at radius 1 is 1.35 bits per heavy atom. The summed E-state index contributed by atoms with van der Waals surface area (Å²) in [5, 5.41) is 0. The van der Waals surface area contributed by atoms with Crippen molar-refractivity contribution in [1.29, 1.82) is 0 Å². The highest BCUT2D eigenvalue weighted by Gasteiger charge is 2.15. The Bertz CT molecular complexity index is 719. The van der Waals surface area contributed by atoms with E-state index in [4.69, 9.17) is 17.0 Å². The van der Waals surface area contributed by atoms with E-state index in [1.54, 1.807) is 0 Å². The minimum absolute atomic E-state index is 0.328. The maximum absolute atomic E-state index is 5.56. The molecule has 0 spiro atoms. The highest BCUT2D eigenvalue weighted by Crippen LogP contribution is 2.31. The fraction of sp³-hybridized carbons (Fsp3) is 0.375. The van der Waals surface area contributed by atoms with E-state index >= 15 is 0 Å². The smallest absolute Gasteiger partial charge is 0.133 e. The van der Waals surface area contributed by atoms with Crippen LogP contribution in [0.1, 0.15) is 36.7 Å². The summed E-state index contributed by atoms with van der Waals surface area (Å²) in [6, 6.07) is 6.32. The number of aromatic nitrogens is 2. The van der Waals surface area contributed by atoms with E-state index in [9.17, 15) is 0 Å². The number of H-pyrrole nitrogens is 1. The van der Waals surface area contributed by atoms with Gasteiger partial charge in [0.15, 0.2) is 0 Å². The predicted molar refractivity (Wildman–Crippen MR) is 82.9 cm³/mol. The molecule has 2 aromatic rings. The van der Waals surface area contributed by atoms with Crippen molar-refractivity contribution in [3.05, 3.63) is 39.8 Å². The molecule has 1 aliphatic heterocycles. The summed E-state index contributed by atoms with van der Waals surface area (Å²) in [6.45, 7) is 7.03. The number of benzene rings is 1. The number of rotatable bonds is 2. The average molecular weight is 286 g/mol. The van der Waals surface area contributed by atoms with Crippen LogP contribution in [0.3, 0.4) is 0 Å². The second-order valence-corrected chi connectivity index (χ2v) is 5.89. The van der Waals surface area contributed by atoms with Crippen molar-refractivity contribution in [2.45, 2.75) is 33.1 Å². The van der Waals surface area contributed by atoms with Gasteiger partial charge in [0.2, 0.25) is 0 Å². The van der Waals surface area contributed by atoms with Crippen LogP contribution in [0.4, 0.5) is 0 Å². The van der Waals surface area contributed by atoms with Crippen molar-refractivity contribution < 1.29 is 4.74 Å². The van der Waals surface area contributed by atoms with E-state index in [0.717, 1.165) is 41.4 Å². The predicted octanol–water partition coefficient (Wildman–Crippen LogP) is 4.17. The van der Waals surface area contributed by atoms with Crippen LogP contribution in [0.2, 0.25) is 0 Å². The lowest BCUT2D eigenvalue weighted by Gasteiger charge is -2.12. The third-order valence-corrected chi connectivity index (χ3v) is 4.09. The first-order valence-electron chi connectivity index (χ1n) is 6.93. The Kier molecular flexibility index (Phi) is 3.34. The summed E-state index contributed by atoms with van der Waals surface area (Å²) in [6.07, 6.45) is 0.977. The Morgan fingerprint density at radius 2 is 2.15 bits per heavy atom. The summed E-state index contributed by atoms with van der Waals surface area (Å²) in [4.78, 5) is 7.91. The molecule has 0 radical (unpaired) electrons. The third-order valence-electron chi connectivity index (χ3n) is 3.70. The van der Waals surface area contributed by atoms with Gasteiger partial charge in [-0.1, -0.05) is 26.1 Å². The number of nitrogens with one attached hydrogen (secondary N) is 1. The molecule has 1 aromatic carbocycles. The lowest BCUT2D eigenvalue weighted by molar-refractivity contribution is 0.357. The summed E-state index contributed by atoms with van der Waals surface area (Å²) in [7, 11) is 0. The summed E-state index contributed by atoms with van der Waals surface area (Å²) in [5.41, 5.74) is 4.53. The number of hydrogen-bond acceptors (Lipinski definition) is 3. The Morgan fingerprint density at radius 3 is 2.90 bits per heavy atom. The molecule has 3 rings (SSSR count). The van der Waals surface area contributed by atoms with Crippen molar-refractivity contribution in [3.8, 4) is 17.0 Å². The molecule has 0 bridgehead atoms. The number of aromatic amines is 1. The molecule has 3 nitrogen and oxygen atoms in total. The van der Waals surface area contributed by atoms with Gasteiger partial charge in [-0.15, -0.1) is 0 Å². The average Bonchev–Trinajstić information content (AvgIpc) is 2.88. The SMILES string of the molecule is Cc1c(-c2ccc3c(c2)CCO3)[nH]c(C(C)C)nc1=S. The topological polar surface area (TPSA) is 37.9 Å². The van der Waals surface area contributed by atoms with E-state index < -0.39 is 0 Å². The van der Waals surface area contributed by atoms with Gasteiger partial charge in [0.05, 0.1) is 12.3 Å². The fourth-order valence-electron chi connectivity index (χ4n) is 2.45. The van der Waals surface area contributed by atoms with Crippen LogP contribution in [0, 0.1) is 11.6 Å². The third kappa shape index (κ3) is 2.24. The van der Waals surface area contributed by atoms with Gasteiger partial charge in [-0.05, 0) is 36.2 Å². The van der Waals surface area contributed by atoms with Crippen LogP contribution in [0.25, 0.3) is 11.3 Å². The molecule has 1 aliphatic rings. The van der Waals surface area contributed by atoms with Crippen LogP contribution >= 0.6 is 12.2 Å². The highest BCUT2D eigenvalue weighted by atomic mass is 32.1. The Hall–Kier alpha value is -1.68. The molecule has 2 heterocycles. The van der Waals surface area contributed by atoms with Crippen molar-refractivity contribution in [3.63, 3.8) is 0 Å². The van der Waals surface area contributed by atoms with Crippen LogP contribution < -0.4 is 4.74 Å². The molecule has 104 valence electrons. The van der Waals surface area contributed by atoms with Crippen molar-refractivity contribution >= 4 is 12.2 Å². The summed E-state index contributed by atoms with van der Waals surface area (Å²) in [5.74, 6) is 2.27. The molecule has 0 saturated heterocycles. The van der Waals surface area contributed by atoms with E-state index in [1.165, 1.54) is 5.56 Å². The van der Waals surface area contributed by atoms with E-state index in [-0.39, 0.29) is 0 Å². The van der Waals surface area contributed by atoms with Crippen LogP contribution in [-0.2, 0) is 6.42 Å². The summed E-state index contributed by atoms with van der Waals surface area (Å²) < 4.78 is 6.24. The lowest BCUT2D eigenvalue weighted by Crippen LogP contribution is -2.02. The largest absolute Gasteiger partial charge is 0.493 e. The number of nitrogens with zero attached hydrogens (tertiary/aromatic N) is 1. The first kappa shape index (κ1) is 13.3. The maximum atomic E-state index is 5.56. The molecule has 0 saturated carbocycles. The number of ether oxygens (including phenoxy) is 1. The van der Waals surface area contributed by atoms with Crippen molar-refractivity contribution in [2.75, 3.05) is 6.61 Å². The van der Waals surface area contributed by atoms with E-state index in [0.29, 0.717) is 10.6 Å². The lowest BCUT2D eigenvalue weighted by atomic mass is 10.0. The van der Waals surface area contributed by atoms with Crippen LogP contribution in [0.5, 0.6) is 5.75 Å². The van der Waals surface area contributed by atoms with Gasteiger partial charge in [-0.3, -0.25) is 0 Å². The Labute approximate surface area is 124 Å². The minimum atomic E-state index is 0.328. The van der Waals surface area contributed by atoms with E-state index in [2.05, 4.69) is 35.9 Å². The molecule has 0 amide bonds. The van der Waals surface area contributed by atoms with Crippen molar-refractivity contribution in [1.82, 2.24) is 9.97 Å². The number of hydrogen-bond donors (Lipinski definition) is 1. The first-order chi connectivity index (χ1) is 9.56. The van der Waals surface area contributed by atoms with Gasteiger partial charge in [-0.25, -0.2) is 4.98 Å². The van der Waals surface area contributed by atoms with Gasteiger partial charge in [-0.2, -0.15) is 0 Å². The first-order valence-corrected chi connectivity index (χ1v) is 7.34. The number of fused-ring (bicyclic) bond motifs is 1. The van der Waals surface area contributed by atoms with E-state index in [1.807, 2.05) is 13.0 Å². The second-order valence-electron chi connectivity index (χ2n) is 5.50. The molecule has 0 fully saturated rings. The van der Waals surface area contributed by atoms with Crippen LogP contribution in [-0.4, -0.2) is 16.6 Å². The zero-order valence-corrected chi connectivity index (χ0v) is 12.8. The fourth-order valence-corrected chi connectivity index (χ4v) is 2.65. The zero-order valence-electron chi connectivity index (χ0n) is 12.0. The van der Waals surface area contributed by atoms with Crippen molar-refractivity contribution in [2.24, 2.45) is 0 Å². The standard InChI is InChI=1S/C16H18N2OS/c1-9(2)15-17-14(10(3)16(20)18-15)12-4-5-13-11(8-12)6-7-19-13/h4-5,8-9H,6-7H2,1-3H3,(H,17,18,20). The Balaban J connectivity index is 2.16. The monoisotopic (exact) mass is 286 g/mol. The van der Waals surface area contributed by atoms with Crippen LogP contribution in [0.15, 0.2) is 18.2 Å². The van der Waals surface area contributed by atoms with Gasteiger partial charge in [0, 0.05) is 17.9 Å². The molecule has 4 heteroatoms. The second kappa shape index (κ2) is 5.02. The normalized spacial score (nSPS) is 13.4. The van der Waals surface area contributed by atoms with Gasteiger partial charge in [0.1, 0.15) is 16.2 Å². The molecule has 20 heavy (non-hydrogen) atoms. The molecule has 0 atom stereocenters. The van der Waals surface area contributed by atoms with Gasteiger partial charge >= 0.3 is 0 Å². The molecule has 1 N–H and O–H groups in total. The van der Waals surface area contributed by atoms with Gasteiger partial charge < -0.3 is 9.72 Å². The highest BCUT2D eigenvalue weighted by molar-refractivity contribution is 7.71. The van der Waals surface area contributed by atoms with Gasteiger partial charge in [0.25, 0.3) is 0 Å². The molecule has 0 unspecified atom stereocenters. The molecule has 0 aliphatic carbocycles. The maximum Gasteiger partial charge on any atom is 0.133 e. The minimum Gasteiger partial charge on any atom is -0.493 e. The summed E-state index contributed by atoms with van der Waals surface area (Å²) >= 11 is 5.39. The zero-order chi connectivity index (χ0) is 14.3. The molecular formula is C16H18N2OS. The molecular weight excluding hydrogens is 268 g/mol.